The number of hydrogen-bond acceptors (Lipinski definition) is 4. The Kier molecular flexibility index (Phi) is 8.89. The van der Waals surface area contributed by atoms with Crippen LogP contribution in [0.25, 0.3) is 28.0 Å². The van der Waals surface area contributed by atoms with Crippen molar-refractivity contribution in [3.05, 3.63) is 197 Å². The van der Waals surface area contributed by atoms with Crippen molar-refractivity contribution in [3.8, 4) is 34.1 Å². The molecular formula is C54H48O4. The van der Waals surface area contributed by atoms with E-state index in [2.05, 4.69) is 140 Å². The summed E-state index contributed by atoms with van der Waals surface area (Å²) in [5.74, 6) is 3.29. The zero-order chi connectivity index (χ0) is 39.3. The van der Waals surface area contributed by atoms with Gasteiger partial charge in [-0.2, -0.15) is 0 Å². The third-order valence-corrected chi connectivity index (χ3v) is 13.5. The fourth-order valence-corrected chi connectivity index (χ4v) is 10.6. The zero-order valence-electron chi connectivity index (χ0n) is 33.5. The van der Waals surface area contributed by atoms with Crippen LogP contribution in [0.1, 0.15) is 64.6 Å². The molecule has 0 atom stereocenters. The lowest BCUT2D eigenvalue weighted by atomic mass is 9.56. The Balaban J connectivity index is 1.17. The standard InChI is InChI=1S/C54H48O4/c1-55-41-22-18-39(19-23-41)54(40-20-24-42(56-2)25-21-40)29-28-46-50-49(44-27-26-43(57-3)34-47(44)51(46)58-54)45-16-10-11-17-48(45)53(50)32-30-52(31-33-53,35-37-12-6-4-7-13-37)36-38-14-8-5-9-15-38/h4-29,34H,30-33,35-36H2,1-3H3. The average Bonchev–Trinajstić information content (AvgIpc) is 3.57. The molecule has 1 aliphatic heterocycles. The maximum absolute atomic E-state index is 7.68. The van der Waals surface area contributed by atoms with Crippen LogP contribution >= 0.6 is 0 Å². The molecule has 0 radical (unpaired) electrons. The predicted molar refractivity (Wildman–Crippen MR) is 234 cm³/mol. The van der Waals surface area contributed by atoms with Gasteiger partial charge >= 0.3 is 0 Å². The summed E-state index contributed by atoms with van der Waals surface area (Å²) in [6.45, 7) is 0. The molecule has 288 valence electrons. The van der Waals surface area contributed by atoms with E-state index >= 15 is 0 Å². The van der Waals surface area contributed by atoms with Crippen molar-refractivity contribution in [3.63, 3.8) is 0 Å². The molecule has 1 fully saturated rings. The molecule has 58 heavy (non-hydrogen) atoms. The van der Waals surface area contributed by atoms with E-state index in [9.17, 15) is 0 Å². The number of fused-ring (bicyclic) bond motifs is 10. The Morgan fingerprint density at radius 1 is 0.534 bits per heavy atom. The van der Waals surface area contributed by atoms with Crippen LogP contribution in [0.3, 0.4) is 0 Å². The summed E-state index contributed by atoms with van der Waals surface area (Å²) in [5.41, 5.74) is 10.6. The predicted octanol–water partition coefficient (Wildman–Crippen LogP) is 12.5. The first-order valence-corrected chi connectivity index (χ1v) is 20.5. The van der Waals surface area contributed by atoms with E-state index < -0.39 is 5.60 Å². The molecule has 1 heterocycles. The summed E-state index contributed by atoms with van der Waals surface area (Å²) in [5, 5.41) is 2.24. The van der Waals surface area contributed by atoms with Crippen LogP contribution in [0.2, 0.25) is 0 Å². The van der Waals surface area contributed by atoms with E-state index in [0.717, 1.165) is 78.0 Å². The molecule has 4 heteroatoms. The van der Waals surface area contributed by atoms with Gasteiger partial charge in [-0.25, -0.2) is 0 Å². The van der Waals surface area contributed by atoms with Gasteiger partial charge in [0.2, 0.25) is 0 Å². The van der Waals surface area contributed by atoms with E-state index in [1.54, 1.807) is 21.3 Å². The number of benzene rings is 7. The molecule has 0 aromatic heterocycles. The lowest BCUT2D eigenvalue weighted by Crippen LogP contribution is -2.40. The van der Waals surface area contributed by atoms with Crippen LogP contribution in [0, 0.1) is 5.41 Å². The quantitative estimate of drug-likeness (QED) is 0.147. The Hall–Kier alpha value is -6.26. The Bertz CT molecular complexity index is 2540. The smallest absolute Gasteiger partial charge is 0.178 e. The van der Waals surface area contributed by atoms with E-state index in [1.165, 1.54) is 44.3 Å². The van der Waals surface area contributed by atoms with Gasteiger partial charge in [0, 0.05) is 27.5 Å². The van der Waals surface area contributed by atoms with Crippen molar-refractivity contribution in [2.75, 3.05) is 21.3 Å². The highest BCUT2D eigenvalue weighted by Gasteiger charge is 2.52. The number of methoxy groups -OCH3 is 3. The first kappa shape index (κ1) is 36.1. The van der Waals surface area contributed by atoms with Crippen LogP contribution in [0.4, 0.5) is 0 Å². The highest BCUT2D eigenvalue weighted by atomic mass is 16.5. The Labute approximate surface area is 341 Å². The maximum Gasteiger partial charge on any atom is 0.178 e. The van der Waals surface area contributed by atoms with Gasteiger partial charge in [-0.05, 0) is 131 Å². The molecule has 1 spiro atoms. The summed E-state index contributed by atoms with van der Waals surface area (Å²) >= 11 is 0. The topological polar surface area (TPSA) is 36.9 Å². The second kappa shape index (κ2) is 14.3. The lowest BCUT2D eigenvalue weighted by Gasteiger charge is -2.47. The van der Waals surface area contributed by atoms with Crippen molar-refractivity contribution < 1.29 is 18.9 Å². The second-order valence-corrected chi connectivity index (χ2v) is 16.5. The number of hydrogen-bond donors (Lipinski definition) is 0. The van der Waals surface area contributed by atoms with Crippen molar-refractivity contribution in [1.82, 2.24) is 0 Å². The van der Waals surface area contributed by atoms with Crippen molar-refractivity contribution >= 4 is 16.8 Å². The van der Waals surface area contributed by atoms with Gasteiger partial charge in [-0.1, -0.05) is 115 Å². The number of ether oxygens (including phenoxy) is 4. The van der Waals surface area contributed by atoms with Crippen LogP contribution in [0.5, 0.6) is 23.0 Å². The maximum atomic E-state index is 7.68. The molecule has 2 aliphatic carbocycles. The first-order chi connectivity index (χ1) is 28.5. The van der Waals surface area contributed by atoms with E-state index in [4.69, 9.17) is 18.9 Å². The summed E-state index contributed by atoms with van der Waals surface area (Å²) in [6.07, 6.45) is 11.1. The fraction of sp³-hybridized carbons (Fsp3) is 0.222. The molecule has 0 unspecified atom stereocenters. The largest absolute Gasteiger partial charge is 0.497 e. The minimum absolute atomic E-state index is 0.139. The summed E-state index contributed by atoms with van der Waals surface area (Å²) < 4.78 is 24.8. The van der Waals surface area contributed by atoms with Gasteiger partial charge in [0.1, 0.15) is 23.0 Å². The molecule has 7 aromatic carbocycles. The minimum Gasteiger partial charge on any atom is -0.497 e. The molecular weight excluding hydrogens is 713 g/mol. The zero-order valence-corrected chi connectivity index (χ0v) is 33.5. The van der Waals surface area contributed by atoms with E-state index in [1.807, 2.05) is 24.3 Å². The monoisotopic (exact) mass is 760 g/mol. The van der Waals surface area contributed by atoms with Crippen LogP contribution < -0.4 is 18.9 Å². The van der Waals surface area contributed by atoms with Crippen LogP contribution in [0.15, 0.2) is 158 Å². The van der Waals surface area contributed by atoms with Crippen molar-refractivity contribution in [2.24, 2.45) is 5.41 Å². The average molecular weight is 761 g/mol. The Morgan fingerprint density at radius 3 is 1.64 bits per heavy atom. The van der Waals surface area contributed by atoms with Crippen LogP contribution in [-0.2, 0) is 23.9 Å². The highest BCUT2D eigenvalue weighted by Crippen LogP contribution is 2.64. The lowest BCUT2D eigenvalue weighted by molar-refractivity contribution is 0.142. The molecule has 0 saturated heterocycles. The molecule has 0 amide bonds. The molecule has 4 nitrogen and oxygen atoms in total. The second-order valence-electron chi connectivity index (χ2n) is 16.5. The van der Waals surface area contributed by atoms with Crippen molar-refractivity contribution in [2.45, 2.75) is 49.5 Å². The van der Waals surface area contributed by atoms with Gasteiger partial charge in [-0.15, -0.1) is 0 Å². The van der Waals surface area contributed by atoms with Gasteiger partial charge in [-0.3, -0.25) is 0 Å². The number of rotatable bonds is 9. The van der Waals surface area contributed by atoms with Crippen molar-refractivity contribution in [1.29, 1.82) is 0 Å². The van der Waals surface area contributed by atoms with E-state index in [-0.39, 0.29) is 10.8 Å². The Morgan fingerprint density at radius 2 is 1.07 bits per heavy atom. The first-order valence-electron chi connectivity index (χ1n) is 20.5. The van der Waals surface area contributed by atoms with Gasteiger partial charge in [0.25, 0.3) is 0 Å². The summed E-state index contributed by atoms with van der Waals surface area (Å²) in [4.78, 5) is 0. The third kappa shape index (κ3) is 5.80. The SMILES string of the molecule is COc1ccc(C2(c3ccc(OC)cc3)C=Cc3c4c(c5ccc(OC)cc5c3O2)-c2ccccc2C42CCC(Cc3ccccc3)(Cc3ccccc3)CC2)cc1. The molecule has 0 N–H and O–H groups in total. The molecule has 1 saturated carbocycles. The fourth-order valence-electron chi connectivity index (χ4n) is 10.6. The molecule has 10 rings (SSSR count). The summed E-state index contributed by atoms with van der Waals surface area (Å²) in [7, 11) is 5.15. The normalized spacial score (nSPS) is 16.5. The van der Waals surface area contributed by atoms with Gasteiger partial charge < -0.3 is 18.9 Å². The molecule has 7 aromatic rings. The van der Waals surface area contributed by atoms with Crippen LogP contribution in [-0.4, -0.2) is 21.3 Å². The third-order valence-electron chi connectivity index (χ3n) is 13.5. The van der Waals surface area contributed by atoms with E-state index in [0.29, 0.717) is 0 Å². The minimum atomic E-state index is -0.915. The van der Waals surface area contributed by atoms with Gasteiger partial charge in [0.05, 0.1) is 21.3 Å². The van der Waals surface area contributed by atoms with Gasteiger partial charge in [0.15, 0.2) is 5.60 Å². The molecule has 0 bridgehead atoms. The highest BCUT2D eigenvalue weighted by molar-refractivity contribution is 6.09. The molecule has 3 aliphatic rings. The summed E-state index contributed by atoms with van der Waals surface area (Å²) in [6, 6.07) is 54.5.